The predicted octanol–water partition coefficient (Wildman–Crippen LogP) is 0.370. The number of carbonyl (C=O) groups is 2. The molecule has 0 saturated heterocycles. The second kappa shape index (κ2) is 5.64. The van der Waals surface area contributed by atoms with Crippen molar-refractivity contribution in [2.45, 2.75) is 19.8 Å². The van der Waals surface area contributed by atoms with E-state index in [0.717, 1.165) is 5.69 Å². The van der Waals surface area contributed by atoms with Crippen molar-refractivity contribution >= 4 is 17.7 Å². The molecule has 0 aliphatic heterocycles. The molecule has 0 aliphatic rings. The molecule has 0 saturated carbocycles. The number of hydrogen-bond donors (Lipinski definition) is 1. The maximum atomic E-state index is 12.1. The number of aliphatic carboxylic acids is 1. The molecule has 8 heteroatoms. The first-order valence-corrected chi connectivity index (χ1v) is 6.14. The molecule has 0 unspecified atom stereocenters. The van der Waals surface area contributed by atoms with Gasteiger partial charge in [0.2, 0.25) is 5.82 Å². The standard InChI is InChI=1S/C12H15N5O3/c1-8-5-6-13-12-14-10(15-17(8)12)11(20)16(2)7-3-4-9(18)19/h5-6H,3-4,7H2,1-2H3,(H,18,19). The fourth-order valence-corrected chi connectivity index (χ4v) is 1.74. The number of rotatable bonds is 5. The number of hydrogen-bond acceptors (Lipinski definition) is 5. The fourth-order valence-electron chi connectivity index (χ4n) is 1.74. The van der Waals surface area contributed by atoms with E-state index < -0.39 is 5.97 Å². The quantitative estimate of drug-likeness (QED) is 0.847. The van der Waals surface area contributed by atoms with Crippen LogP contribution < -0.4 is 0 Å². The normalized spacial score (nSPS) is 10.7. The maximum Gasteiger partial charge on any atom is 0.303 e. The highest BCUT2D eigenvalue weighted by Gasteiger charge is 2.18. The highest BCUT2D eigenvalue weighted by atomic mass is 16.4. The lowest BCUT2D eigenvalue weighted by atomic mass is 10.3. The largest absolute Gasteiger partial charge is 0.481 e. The van der Waals surface area contributed by atoms with Crippen LogP contribution in [0.5, 0.6) is 0 Å². The summed E-state index contributed by atoms with van der Waals surface area (Å²) in [6.07, 6.45) is 2.02. The zero-order valence-electron chi connectivity index (χ0n) is 11.3. The molecule has 2 rings (SSSR count). The van der Waals surface area contributed by atoms with E-state index in [4.69, 9.17) is 5.11 Å². The van der Waals surface area contributed by atoms with Crippen LogP contribution in [0.15, 0.2) is 12.3 Å². The van der Waals surface area contributed by atoms with E-state index in [1.54, 1.807) is 19.3 Å². The van der Waals surface area contributed by atoms with E-state index in [2.05, 4.69) is 15.1 Å². The third-order valence-corrected chi connectivity index (χ3v) is 2.85. The van der Waals surface area contributed by atoms with Gasteiger partial charge < -0.3 is 10.0 Å². The van der Waals surface area contributed by atoms with Gasteiger partial charge in [-0.15, -0.1) is 5.10 Å². The monoisotopic (exact) mass is 277 g/mol. The van der Waals surface area contributed by atoms with Crippen molar-refractivity contribution in [1.82, 2.24) is 24.5 Å². The Balaban J connectivity index is 2.10. The predicted molar refractivity (Wildman–Crippen MR) is 69.3 cm³/mol. The molecular formula is C12H15N5O3. The van der Waals surface area contributed by atoms with Gasteiger partial charge in [0, 0.05) is 31.9 Å². The first-order chi connectivity index (χ1) is 9.49. The molecule has 106 valence electrons. The minimum Gasteiger partial charge on any atom is -0.481 e. The van der Waals surface area contributed by atoms with E-state index in [9.17, 15) is 9.59 Å². The first kappa shape index (κ1) is 13.9. The molecule has 20 heavy (non-hydrogen) atoms. The Bertz CT molecular complexity index is 652. The van der Waals surface area contributed by atoms with Gasteiger partial charge in [-0.3, -0.25) is 9.59 Å². The molecule has 0 spiro atoms. The summed E-state index contributed by atoms with van der Waals surface area (Å²) in [5.74, 6) is -0.797. The van der Waals surface area contributed by atoms with E-state index >= 15 is 0 Å². The Hall–Kier alpha value is -2.51. The van der Waals surface area contributed by atoms with Crippen molar-refractivity contribution in [3.05, 3.63) is 23.8 Å². The molecule has 2 aromatic heterocycles. The minimum absolute atomic E-state index is 0.0247. The highest BCUT2D eigenvalue weighted by Crippen LogP contribution is 2.05. The van der Waals surface area contributed by atoms with Crippen LogP contribution >= 0.6 is 0 Å². The van der Waals surface area contributed by atoms with Crippen LogP contribution in [0.3, 0.4) is 0 Å². The SMILES string of the molecule is Cc1ccnc2nc(C(=O)N(C)CCCC(=O)O)nn12. The van der Waals surface area contributed by atoms with E-state index in [1.807, 2.05) is 6.92 Å². The van der Waals surface area contributed by atoms with Crippen LogP contribution in [0.1, 0.15) is 29.2 Å². The average Bonchev–Trinajstić information content (AvgIpc) is 2.82. The summed E-state index contributed by atoms with van der Waals surface area (Å²) in [7, 11) is 1.59. The Kier molecular flexibility index (Phi) is 3.92. The van der Waals surface area contributed by atoms with Gasteiger partial charge in [0.05, 0.1) is 0 Å². The molecule has 0 aromatic carbocycles. The Morgan fingerprint density at radius 2 is 2.20 bits per heavy atom. The van der Waals surface area contributed by atoms with Crippen LogP contribution in [-0.4, -0.2) is 55.1 Å². The summed E-state index contributed by atoms with van der Waals surface area (Å²) in [4.78, 5) is 32.1. The van der Waals surface area contributed by atoms with Crippen molar-refractivity contribution in [2.24, 2.45) is 0 Å². The maximum absolute atomic E-state index is 12.1. The van der Waals surface area contributed by atoms with Crippen LogP contribution in [0.2, 0.25) is 0 Å². The van der Waals surface area contributed by atoms with Gasteiger partial charge >= 0.3 is 5.97 Å². The molecule has 2 heterocycles. The minimum atomic E-state index is -0.878. The third kappa shape index (κ3) is 2.90. The van der Waals surface area contributed by atoms with Crippen molar-refractivity contribution < 1.29 is 14.7 Å². The second-order valence-corrected chi connectivity index (χ2v) is 4.46. The van der Waals surface area contributed by atoms with E-state index in [0.29, 0.717) is 18.7 Å². The molecule has 0 radical (unpaired) electrons. The van der Waals surface area contributed by atoms with Crippen molar-refractivity contribution in [2.75, 3.05) is 13.6 Å². The summed E-state index contributed by atoms with van der Waals surface area (Å²) >= 11 is 0. The Labute approximate surface area is 115 Å². The zero-order valence-corrected chi connectivity index (χ0v) is 11.3. The lowest BCUT2D eigenvalue weighted by molar-refractivity contribution is -0.137. The molecule has 8 nitrogen and oxygen atoms in total. The summed E-state index contributed by atoms with van der Waals surface area (Å²) in [5, 5.41) is 12.7. The van der Waals surface area contributed by atoms with Gasteiger partial charge in [-0.2, -0.15) is 4.98 Å². The zero-order chi connectivity index (χ0) is 14.7. The molecule has 0 fully saturated rings. The first-order valence-electron chi connectivity index (χ1n) is 6.14. The summed E-state index contributed by atoms with van der Waals surface area (Å²) in [6, 6.07) is 1.77. The molecule has 0 atom stereocenters. The number of aryl methyl sites for hydroxylation is 1. The van der Waals surface area contributed by atoms with Gasteiger partial charge in [0.15, 0.2) is 0 Å². The Morgan fingerprint density at radius 1 is 1.45 bits per heavy atom. The topological polar surface area (TPSA) is 101 Å². The van der Waals surface area contributed by atoms with Crippen LogP contribution in [0.25, 0.3) is 5.78 Å². The molecular weight excluding hydrogens is 262 g/mol. The number of fused-ring (bicyclic) bond motifs is 1. The number of aromatic nitrogens is 4. The van der Waals surface area contributed by atoms with E-state index in [-0.39, 0.29) is 18.2 Å². The number of carboxylic acids is 1. The van der Waals surface area contributed by atoms with Gasteiger partial charge in [0.1, 0.15) is 0 Å². The lowest BCUT2D eigenvalue weighted by Gasteiger charge is -2.13. The average molecular weight is 277 g/mol. The third-order valence-electron chi connectivity index (χ3n) is 2.85. The van der Waals surface area contributed by atoms with Crippen molar-refractivity contribution in [3.8, 4) is 0 Å². The summed E-state index contributed by atoms with van der Waals surface area (Å²) in [5.41, 5.74) is 0.829. The Morgan fingerprint density at radius 3 is 2.85 bits per heavy atom. The smallest absolute Gasteiger partial charge is 0.303 e. The van der Waals surface area contributed by atoms with Crippen LogP contribution in [0.4, 0.5) is 0 Å². The number of carboxylic acid groups (broad SMARTS) is 1. The van der Waals surface area contributed by atoms with Gasteiger partial charge in [-0.25, -0.2) is 9.50 Å². The van der Waals surface area contributed by atoms with Crippen LogP contribution in [-0.2, 0) is 4.79 Å². The van der Waals surface area contributed by atoms with Crippen molar-refractivity contribution in [1.29, 1.82) is 0 Å². The fraction of sp³-hybridized carbons (Fsp3) is 0.417. The number of nitrogens with zero attached hydrogens (tertiary/aromatic N) is 5. The number of amides is 1. The number of carbonyl (C=O) groups excluding carboxylic acids is 1. The van der Waals surface area contributed by atoms with Gasteiger partial charge in [-0.1, -0.05) is 0 Å². The van der Waals surface area contributed by atoms with Crippen molar-refractivity contribution in [3.63, 3.8) is 0 Å². The highest BCUT2D eigenvalue weighted by molar-refractivity contribution is 5.90. The molecule has 2 aromatic rings. The van der Waals surface area contributed by atoms with Gasteiger partial charge in [0.25, 0.3) is 11.7 Å². The lowest BCUT2D eigenvalue weighted by Crippen LogP contribution is -2.29. The molecule has 0 aliphatic carbocycles. The van der Waals surface area contributed by atoms with Gasteiger partial charge in [-0.05, 0) is 19.4 Å². The second-order valence-electron chi connectivity index (χ2n) is 4.46. The summed E-state index contributed by atoms with van der Waals surface area (Å²) in [6.45, 7) is 2.18. The molecule has 1 amide bonds. The van der Waals surface area contributed by atoms with E-state index in [1.165, 1.54) is 9.42 Å². The molecule has 1 N–H and O–H groups in total. The molecule has 0 bridgehead atoms. The summed E-state index contributed by atoms with van der Waals surface area (Å²) < 4.78 is 1.50. The van der Waals surface area contributed by atoms with Crippen LogP contribution in [0, 0.1) is 6.92 Å².